The van der Waals surface area contributed by atoms with Crippen LogP contribution >= 0.6 is 0 Å². The number of alkyl carbamates (subject to hydrolysis) is 1. The van der Waals surface area contributed by atoms with E-state index < -0.39 is 11.7 Å². The molecule has 3 rings (SSSR count). The van der Waals surface area contributed by atoms with Crippen LogP contribution in [0.3, 0.4) is 0 Å². The summed E-state index contributed by atoms with van der Waals surface area (Å²) in [5.41, 5.74) is 2.27. The summed E-state index contributed by atoms with van der Waals surface area (Å²) in [5, 5.41) is 6.22. The van der Waals surface area contributed by atoms with Crippen molar-refractivity contribution in [3.63, 3.8) is 0 Å². The summed E-state index contributed by atoms with van der Waals surface area (Å²) >= 11 is 0. The van der Waals surface area contributed by atoms with E-state index in [2.05, 4.69) is 34.8 Å². The first-order chi connectivity index (χ1) is 11.8. The molecule has 25 heavy (non-hydrogen) atoms. The Morgan fingerprint density at radius 1 is 1.44 bits per heavy atom. The number of ether oxygens (including phenoxy) is 2. The lowest BCUT2D eigenvalue weighted by atomic mass is 10.1. The fourth-order valence-electron chi connectivity index (χ4n) is 2.73. The summed E-state index contributed by atoms with van der Waals surface area (Å²) in [6.45, 7) is 9.40. The topological polar surface area (TPSA) is 76.9 Å². The molecular formula is C18H26N4O3. The summed E-state index contributed by atoms with van der Waals surface area (Å²) in [5.74, 6) is 0. The van der Waals surface area contributed by atoms with Gasteiger partial charge in [0.25, 0.3) is 0 Å². The summed E-state index contributed by atoms with van der Waals surface area (Å²) in [6, 6.07) is 4.22. The molecule has 7 heteroatoms. The zero-order valence-electron chi connectivity index (χ0n) is 15.2. The van der Waals surface area contributed by atoms with Gasteiger partial charge in [0.15, 0.2) is 0 Å². The van der Waals surface area contributed by atoms with Gasteiger partial charge >= 0.3 is 6.09 Å². The second kappa shape index (κ2) is 7.01. The van der Waals surface area contributed by atoms with Crippen molar-refractivity contribution in [2.45, 2.75) is 52.0 Å². The molecule has 0 unspecified atom stereocenters. The molecule has 7 nitrogen and oxygen atoms in total. The van der Waals surface area contributed by atoms with Crippen molar-refractivity contribution in [2.24, 2.45) is 0 Å². The first kappa shape index (κ1) is 17.7. The molecule has 0 bridgehead atoms. The van der Waals surface area contributed by atoms with Crippen LogP contribution in [0.15, 0.2) is 24.5 Å². The van der Waals surface area contributed by atoms with Crippen LogP contribution in [-0.4, -0.2) is 40.3 Å². The van der Waals surface area contributed by atoms with E-state index in [1.165, 1.54) is 0 Å². The minimum atomic E-state index is -0.509. The minimum absolute atomic E-state index is 0.186. The number of pyridine rings is 1. The van der Waals surface area contributed by atoms with Crippen LogP contribution in [0, 0.1) is 0 Å². The van der Waals surface area contributed by atoms with Crippen molar-refractivity contribution < 1.29 is 14.3 Å². The second-order valence-electron chi connectivity index (χ2n) is 7.42. The molecule has 1 fully saturated rings. The van der Waals surface area contributed by atoms with Crippen molar-refractivity contribution >= 4 is 11.7 Å². The number of fused-ring (bicyclic) bond motifs is 1. The third-order valence-electron chi connectivity index (χ3n) is 3.94. The maximum atomic E-state index is 11.7. The molecule has 136 valence electrons. The lowest BCUT2D eigenvalue weighted by molar-refractivity contribution is 0.0148. The van der Waals surface area contributed by atoms with Crippen molar-refractivity contribution in [1.29, 1.82) is 0 Å². The van der Waals surface area contributed by atoms with Gasteiger partial charge in [-0.25, -0.2) is 9.78 Å². The Balaban J connectivity index is 1.65. The predicted octanol–water partition coefficient (Wildman–Crippen LogP) is 2.41. The third kappa shape index (κ3) is 4.70. The molecule has 1 amide bonds. The number of hydrogen-bond donors (Lipinski definition) is 2. The summed E-state index contributed by atoms with van der Waals surface area (Å²) < 4.78 is 12.9. The van der Waals surface area contributed by atoms with E-state index in [9.17, 15) is 4.79 Å². The molecule has 0 spiro atoms. The van der Waals surface area contributed by atoms with E-state index in [1.807, 2.05) is 37.4 Å². The van der Waals surface area contributed by atoms with Crippen LogP contribution in [0.1, 0.15) is 45.0 Å². The van der Waals surface area contributed by atoms with Gasteiger partial charge in [0.1, 0.15) is 11.2 Å². The number of amides is 1. The SMILES string of the molecule is C[C@H]1CN[C@@H](c2ccc3nc(CNC(=O)OC(C)(C)C)cn3c2)CO1. The number of nitrogens with zero attached hydrogens (tertiary/aromatic N) is 2. The molecule has 1 aliphatic heterocycles. The highest BCUT2D eigenvalue weighted by molar-refractivity contribution is 5.67. The van der Waals surface area contributed by atoms with Gasteiger partial charge in [-0.3, -0.25) is 0 Å². The Morgan fingerprint density at radius 2 is 2.24 bits per heavy atom. The van der Waals surface area contributed by atoms with Crippen LogP contribution in [0.4, 0.5) is 4.79 Å². The fourth-order valence-corrected chi connectivity index (χ4v) is 2.73. The zero-order valence-corrected chi connectivity index (χ0v) is 15.2. The number of imidazole rings is 1. The van der Waals surface area contributed by atoms with E-state index in [4.69, 9.17) is 9.47 Å². The second-order valence-corrected chi connectivity index (χ2v) is 7.42. The predicted molar refractivity (Wildman–Crippen MR) is 94.4 cm³/mol. The molecule has 1 aliphatic rings. The number of aromatic nitrogens is 2. The van der Waals surface area contributed by atoms with Gasteiger partial charge < -0.3 is 24.5 Å². The van der Waals surface area contributed by atoms with Gasteiger partial charge in [0, 0.05) is 18.9 Å². The van der Waals surface area contributed by atoms with Gasteiger partial charge in [-0.05, 0) is 39.3 Å². The monoisotopic (exact) mass is 346 g/mol. The number of carbonyl (C=O) groups is 1. The highest BCUT2D eigenvalue weighted by atomic mass is 16.6. The van der Waals surface area contributed by atoms with Crippen molar-refractivity contribution in [1.82, 2.24) is 20.0 Å². The molecule has 2 aromatic heterocycles. The average Bonchev–Trinajstić information content (AvgIpc) is 2.94. The molecule has 0 aromatic carbocycles. The first-order valence-corrected chi connectivity index (χ1v) is 8.59. The van der Waals surface area contributed by atoms with E-state index >= 15 is 0 Å². The van der Waals surface area contributed by atoms with Gasteiger partial charge in [0.2, 0.25) is 0 Å². The van der Waals surface area contributed by atoms with Crippen LogP contribution in [0.2, 0.25) is 0 Å². The van der Waals surface area contributed by atoms with Crippen LogP contribution < -0.4 is 10.6 Å². The minimum Gasteiger partial charge on any atom is -0.444 e. The molecule has 2 aromatic rings. The Kier molecular flexibility index (Phi) is 4.96. The van der Waals surface area contributed by atoms with Gasteiger partial charge in [-0.15, -0.1) is 0 Å². The molecule has 2 N–H and O–H groups in total. The molecule has 0 aliphatic carbocycles. The lowest BCUT2D eigenvalue weighted by Crippen LogP contribution is -2.39. The molecule has 1 saturated heterocycles. The normalized spacial score (nSPS) is 21.3. The number of nitrogens with one attached hydrogen (secondary N) is 2. The summed E-state index contributed by atoms with van der Waals surface area (Å²) in [6.07, 6.45) is 3.78. The average molecular weight is 346 g/mol. The standard InChI is InChI=1S/C18H26N4O3/c1-12-7-19-15(11-24-12)13-5-6-16-21-14(10-22(16)9-13)8-20-17(23)25-18(2,3)4/h5-6,9-10,12,15,19H,7-8,11H2,1-4H3,(H,20,23)/t12-,15+/m0/s1. The van der Waals surface area contributed by atoms with Crippen LogP contribution in [0.25, 0.3) is 5.65 Å². The maximum absolute atomic E-state index is 11.7. The van der Waals surface area contributed by atoms with Gasteiger partial charge in [-0.1, -0.05) is 6.07 Å². The molecule has 2 atom stereocenters. The van der Waals surface area contributed by atoms with E-state index in [-0.39, 0.29) is 12.1 Å². The van der Waals surface area contributed by atoms with E-state index in [0.717, 1.165) is 23.4 Å². The summed E-state index contributed by atoms with van der Waals surface area (Å²) in [7, 11) is 0. The Morgan fingerprint density at radius 3 is 2.92 bits per heavy atom. The van der Waals surface area contributed by atoms with E-state index in [1.54, 1.807) is 0 Å². The van der Waals surface area contributed by atoms with Crippen molar-refractivity contribution in [3.8, 4) is 0 Å². The van der Waals surface area contributed by atoms with Crippen molar-refractivity contribution in [2.75, 3.05) is 13.2 Å². The highest BCUT2D eigenvalue weighted by Gasteiger charge is 2.20. The van der Waals surface area contributed by atoms with E-state index in [0.29, 0.717) is 13.2 Å². The summed E-state index contributed by atoms with van der Waals surface area (Å²) in [4.78, 5) is 16.3. The van der Waals surface area contributed by atoms with Gasteiger partial charge in [0.05, 0.1) is 31.0 Å². The molecule has 3 heterocycles. The maximum Gasteiger partial charge on any atom is 0.407 e. The smallest absolute Gasteiger partial charge is 0.407 e. The number of hydrogen-bond acceptors (Lipinski definition) is 5. The molecule has 0 saturated carbocycles. The number of carbonyl (C=O) groups excluding carboxylic acids is 1. The Hall–Kier alpha value is -2.12. The molecule has 0 radical (unpaired) electrons. The first-order valence-electron chi connectivity index (χ1n) is 8.59. The highest BCUT2D eigenvalue weighted by Crippen LogP contribution is 2.19. The van der Waals surface area contributed by atoms with Gasteiger partial charge in [-0.2, -0.15) is 0 Å². The largest absolute Gasteiger partial charge is 0.444 e. The quantitative estimate of drug-likeness (QED) is 0.892. The number of rotatable bonds is 3. The zero-order chi connectivity index (χ0) is 18.0. The third-order valence-corrected chi connectivity index (χ3v) is 3.94. The number of morpholine rings is 1. The Bertz CT molecular complexity index is 742. The Labute approximate surface area is 147 Å². The lowest BCUT2D eigenvalue weighted by Gasteiger charge is -2.28. The fraction of sp³-hybridized carbons (Fsp3) is 0.556. The molecular weight excluding hydrogens is 320 g/mol. The van der Waals surface area contributed by atoms with Crippen molar-refractivity contribution in [3.05, 3.63) is 35.8 Å². The van der Waals surface area contributed by atoms with Crippen LogP contribution in [-0.2, 0) is 16.0 Å². The van der Waals surface area contributed by atoms with Crippen LogP contribution in [0.5, 0.6) is 0 Å².